The predicted octanol–water partition coefficient (Wildman–Crippen LogP) is 15.5. The van der Waals surface area contributed by atoms with Crippen LogP contribution in [0.1, 0.15) is 0 Å². The van der Waals surface area contributed by atoms with Gasteiger partial charge in [-0.1, -0.05) is 140 Å². The largest absolute Gasteiger partial charge is 0.310 e. The Morgan fingerprint density at radius 2 is 0.796 bits per heavy atom. The van der Waals surface area contributed by atoms with Crippen molar-refractivity contribution in [2.75, 3.05) is 4.90 Å². The van der Waals surface area contributed by atoms with Gasteiger partial charge in [-0.05, 0) is 126 Å². The molecule has 1 aromatic heterocycles. The van der Waals surface area contributed by atoms with Crippen molar-refractivity contribution in [3.63, 3.8) is 0 Å². The van der Waals surface area contributed by atoms with Crippen molar-refractivity contribution in [1.29, 1.82) is 0 Å². The lowest BCUT2D eigenvalue weighted by Crippen LogP contribution is -2.10. The van der Waals surface area contributed by atoms with Crippen LogP contribution in [-0.2, 0) is 0 Å². The van der Waals surface area contributed by atoms with Gasteiger partial charge in [-0.25, -0.2) is 0 Å². The van der Waals surface area contributed by atoms with Gasteiger partial charge in [-0.2, -0.15) is 0 Å². The highest BCUT2D eigenvalue weighted by Crippen LogP contribution is 2.43. The molecular weight excluding hydrogens is 671 g/mol. The molecule has 0 aliphatic heterocycles. The molecule has 0 radical (unpaired) electrons. The van der Waals surface area contributed by atoms with Crippen molar-refractivity contribution >= 4 is 91.7 Å². The van der Waals surface area contributed by atoms with Crippen LogP contribution in [0.3, 0.4) is 0 Å². The Hall–Kier alpha value is -6.74. The smallest absolute Gasteiger partial charge is 0.0468 e. The molecule has 252 valence electrons. The van der Waals surface area contributed by atoms with Gasteiger partial charge < -0.3 is 4.90 Å². The van der Waals surface area contributed by atoms with Crippen LogP contribution in [0.2, 0.25) is 0 Å². The summed E-state index contributed by atoms with van der Waals surface area (Å²) in [6, 6.07) is 73.6. The van der Waals surface area contributed by atoms with Crippen LogP contribution >= 0.6 is 11.3 Å². The van der Waals surface area contributed by atoms with Crippen LogP contribution in [-0.4, -0.2) is 0 Å². The van der Waals surface area contributed by atoms with Crippen LogP contribution in [0, 0.1) is 0 Å². The van der Waals surface area contributed by atoms with Crippen LogP contribution in [0.4, 0.5) is 17.1 Å². The number of nitrogens with zero attached hydrogens (tertiary/aromatic N) is 1. The van der Waals surface area contributed by atoms with Crippen molar-refractivity contribution in [2.24, 2.45) is 0 Å². The molecule has 0 atom stereocenters. The summed E-state index contributed by atoms with van der Waals surface area (Å²) in [5, 5.41) is 12.9. The van der Waals surface area contributed by atoms with Gasteiger partial charge >= 0.3 is 0 Å². The van der Waals surface area contributed by atoms with Crippen LogP contribution in [0.5, 0.6) is 0 Å². The van der Waals surface area contributed by atoms with Crippen LogP contribution < -0.4 is 4.90 Å². The van der Waals surface area contributed by atoms with E-state index in [0.717, 1.165) is 17.1 Å². The molecule has 0 saturated heterocycles. The van der Waals surface area contributed by atoms with Crippen molar-refractivity contribution in [2.45, 2.75) is 0 Å². The van der Waals surface area contributed by atoms with Gasteiger partial charge in [0.15, 0.2) is 0 Å². The molecule has 0 aliphatic rings. The zero-order valence-corrected chi connectivity index (χ0v) is 30.2. The van der Waals surface area contributed by atoms with Gasteiger partial charge in [0.2, 0.25) is 0 Å². The molecule has 0 unspecified atom stereocenters. The Bertz CT molecular complexity index is 3190. The Labute approximate surface area is 317 Å². The monoisotopic (exact) mass is 703 g/mol. The number of anilines is 3. The quantitative estimate of drug-likeness (QED) is 0.161. The molecule has 0 N–H and O–H groups in total. The molecular formula is C52H33NS. The fourth-order valence-corrected chi connectivity index (χ4v) is 9.47. The summed E-state index contributed by atoms with van der Waals surface area (Å²) >= 11 is 1.86. The highest BCUT2D eigenvalue weighted by atomic mass is 32.1. The number of hydrogen-bond acceptors (Lipinski definition) is 2. The van der Waals surface area contributed by atoms with E-state index in [2.05, 4.69) is 205 Å². The van der Waals surface area contributed by atoms with Gasteiger partial charge in [0.25, 0.3) is 0 Å². The highest BCUT2D eigenvalue weighted by molar-refractivity contribution is 7.25. The van der Waals surface area contributed by atoms with Crippen LogP contribution in [0.25, 0.3) is 85.5 Å². The summed E-state index contributed by atoms with van der Waals surface area (Å²) in [6.45, 7) is 0. The standard InChI is InChI=1S/C52H33NS/c1-2-11-36-30-38(21-20-34(36)10-1)37-12-9-13-41(31-37)53(42-27-29-52-50(33-42)48-18-7-8-19-51(48)54-52)40-25-22-35(23-26-40)39-24-28-47-45-16-4-3-14-43(45)44-15-5-6-17-46(44)49(47)32-39/h1-33H. The molecule has 0 spiro atoms. The maximum atomic E-state index is 2.40. The zero-order chi connectivity index (χ0) is 35.6. The number of rotatable bonds is 5. The molecule has 0 fully saturated rings. The first-order chi connectivity index (χ1) is 26.7. The molecule has 2 heteroatoms. The average molecular weight is 704 g/mol. The van der Waals surface area contributed by atoms with E-state index >= 15 is 0 Å². The molecule has 54 heavy (non-hydrogen) atoms. The van der Waals surface area contributed by atoms with E-state index in [0.29, 0.717) is 0 Å². The Morgan fingerprint density at radius 3 is 1.57 bits per heavy atom. The summed E-state index contributed by atoms with van der Waals surface area (Å²) < 4.78 is 2.62. The van der Waals surface area contributed by atoms with Crippen molar-refractivity contribution in [1.82, 2.24) is 0 Å². The van der Waals surface area contributed by atoms with E-state index in [1.54, 1.807) is 0 Å². The maximum absolute atomic E-state index is 2.40. The molecule has 0 aliphatic carbocycles. The first-order valence-electron chi connectivity index (χ1n) is 18.5. The summed E-state index contributed by atoms with van der Waals surface area (Å²) in [6.07, 6.45) is 0. The van der Waals surface area contributed by atoms with Gasteiger partial charge in [0, 0.05) is 37.2 Å². The van der Waals surface area contributed by atoms with Gasteiger partial charge in [0.1, 0.15) is 0 Å². The predicted molar refractivity (Wildman–Crippen MR) is 235 cm³/mol. The maximum Gasteiger partial charge on any atom is 0.0468 e. The first-order valence-corrected chi connectivity index (χ1v) is 19.3. The second-order valence-electron chi connectivity index (χ2n) is 14.1. The number of thiophene rings is 1. The first kappa shape index (κ1) is 30.8. The minimum atomic E-state index is 1.12. The number of fused-ring (bicyclic) bond motifs is 10. The third-order valence-electron chi connectivity index (χ3n) is 11.0. The van der Waals surface area contributed by atoms with Gasteiger partial charge in [0.05, 0.1) is 0 Å². The second-order valence-corrected chi connectivity index (χ2v) is 15.2. The molecule has 10 aromatic carbocycles. The lowest BCUT2D eigenvalue weighted by molar-refractivity contribution is 1.29. The molecule has 11 aromatic rings. The van der Waals surface area contributed by atoms with Crippen molar-refractivity contribution in [3.8, 4) is 22.3 Å². The van der Waals surface area contributed by atoms with Gasteiger partial charge in [-0.3, -0.25) is 0 Å². The Morgan fingerprint density at radius 1 is 0.259 bits per heavy atom. The number of benzene rings is 10. The third-order valence-corrected chi connectivity index (χ3v) is 12.2. The van der Waals surface area contributed by atoms with E-state index in [-0.39, 0.29) is 0 Å². The molecule has 0 bridgehead atoms. The topological polar surface area (TPSA) is 3.24 Å². The normalized spacial score (nSPS) is 11.7. The van der Waals surface area contributed by atoms with Gasteiger partial charge in [-0.15, -0.1) is 11.3 Å². The lowest BCUT2D eigenvalue weighted by Gasteiger charge is -2.26. The Kier molecular flexibility index (Phi) is 7.11. The fourth-order valence-electron chi connectivity index (χ4n) is 8.38. The molecule has 1 nitrogen and oxygen atoms in total. The molecule has 0 amide bonds. The van der Waals surface area contributed by atoms with Crippen molar-refractivity contribution in [3.05, 3.63) is 200 Å². The molecule has 1 heterocycles. The van der Waals surface area contributed by atoms with Crippen LogP contribution in [0.15, 0.2) is 200 Å². The molecule has 0 saturated carbocycles. The average Bonchev–Trinajstić information content (AvgIpc) is 3.62. The summed E-state index contributed by atoms with van der Waals surface area (Å²) in [5.74, 6) is 0. The van der Waals surface area contributed by atoms with E-state index in [1.807, 2.05) is 11.3 Å². The molecule has 11 rings (SSSR count). The third kappa shape index (κ3) is 5.07. The zero-order valence-electron chi connectivity index (χ0n) is 29.4. The minimum absolute atomic E-state index is 1.12. The fraction of sp³-hybridized carbons (Fsp3) is 0. The lowest BCUT2D eigenvalue weighted by atomic mass is 9.92. The van der Waals surface area contributed by atoms with E-state index in [1.165, 1.54) is 85.5 Å². The highest BCUT2D eigenvalue weighted by Gasteiger charge is 2.17. The summed E-state index contributed by atoms with van der Waals surface area (Å²) in [5.41, 5.74) is 8.19. The number of hydrogen-bond donors (Lipinski definition) is 0. The van der Waals surface area contributed by atoms with E-state index in [9.17, 15) is 0 Å². The van der Waals surface area contributed by atoms with E-state index in [4.69, 9.17) is 0 Å². The SMILES string of the molecule is c1cc(-c2ccc3ccccc3c2)cc(N(c2ccc(-c3ccc4c5ccccc5c5ccccc5c4c3)cc2)c2ccc3sc4ccccc4c3c2)c1. The van der Waals surface area contributed by atoms with E-state index < -0.39 is 0 Å². The summed E-state index contributed by atoms with van der Waals surface area (Å²) in [7, 11) is 0. The van der Waals surface area contributed by atoms with Crippen molar-refractivity contribution < 1.29 is 0 Å². The minimum Gasteiger partial charge on any atom is -0.310 e. The second kappa shape index (κ2) is 12.4. The summed E-state index contributed by atoms with van der Waals surface area (Å²) in [4.78, 5) is 2.40. The Balaban J connectivity index is 1.05.